The van der Waals surface area contributed by atoms with Gasteiger partial charge in [0.1, 0.15) is 0 Å². The maximum Gasteiger partial charge on any atom is -0.0443 e. The largest absolute Gasteiger partial charge is 0.0654 e. The topological polar surface area (TPSA) is 0 Å². The zero-order chi connectivity index (χ0) is 14.2. The molecule has 0 aromatic rings. The summed E-state index contributed by atoms with van der Waals surface area (Å²) in [5.74, 6) is 0.967. The first kappa shape index (κ1) is 19.0. The molecule has 0 aromatic heterocycles. The summed E-state index contributed by atoms with van der Waals surface area (Å²) in [5.41, 5.74) is 0. The van der Waals surface area contributed by atoms with Crippen molar-refractivity contribution in [1.82, 2.24) is 0 Å². The molecule has 0 N–H and O–H groups in total. The molecule has 0 aromatic carbocycles. The van der Waals surface area contributed by atoms with E-state index in [0.29, 0.717) is 0 Å². The molecule has 0 aliphatic heterocycles. The van der Waals surface area contributed by atoms with Crippen molar-refractivity contribution in [2.45, 2.75) is 110 Å². The minimum atomic E-state index is 0.967. The van der Waals surface area contributed by atoms with Gasteiger partial charge in [-0.1, -0.05) is 117 Å². The molecule has 0 aliphatic rings. The van der Waals surface area contributed by atoms with Crippen LogP contribution in [0.3, 0.4) is 0 Å². The summed E-state index contributed by atoms with van der Waals surface area (Å²) in [7, 11) is 0. The Balaban J connectivity index is 3.07. The number of unbranched alkanes of at least 4 members (excludes halogenated alkanes) is 11. The molecule has 0 spiro atoms. The summed E-state index contributed by atoms with van der Waals surface area (Å²) < 4.78 is 0. The minimum Gasteiger partial charge on any atom is -0.0654 e. The van der Waals surface area contributed by atoms with E-state index in [1.165, 1.54) is 89.9 Å². The third kappa shape index (κ3) is 15.9. The van der Waals surface area contributed by atoms with Crippen LogP contribution in [-0.4, -0.2) is 0 Å². The monoisotopic (exact) mass is 267 g/mol. The first-order valence-electron chi connectivity index (χ1n) is 9.10. The lowest BCUT2D eigenvalue weighted by molar-refractivity contribution is 0.433. The molecule has 19 heavy (non-hydrogen) atoms. The van der Waals surface area contributed by atoms with E-state index in [1.54, 1.807) is 0 Å². The Kier molecular flexibility index (Phi) is 16.1. The fraction of sp³-hybridized carbons (Fsp3) is 0.947. The summed E-state index contributed by atoms with van der Waals surface area (Å²) in [6.07, 6.45) is 21.2. The molecule has 0 aliphatic carbocycles. The van der Waals surface area contributed by atoms with Gasteiger partial charge in [0.15, 0.2) is 0 Å². The predicted molar refractivity (Wildman–Crippen MR) is 89.5 cm³/mol. The van der Waals surface area contributed by atoms with E-state index in [4.69, 9.17) is 0 Å². The Morgan fingerprint density at radius 2 is 1.05 bits per heavy atom. The molecule has 115 valence electrons. The van der Waals surface area contributed by atoms with Crippen molar-refractivity contribution in [3.63, 3.8) is 0 Å². The Hall–Kier alpha value is 0. The van der Waals surface area contributed by atoms with Crippen LogP contribution in [0.5, 0.6) is 0 Å². The highest BCUT2D eigenvalue weighted by molar-refractivity contribution is 4.55. The summed E-state index contributed by atoms with van der Waals surface area (Å²) in [4.78, 5) is 0. The van der Waals surface area contributed by atoms with Gasteiger partial charge < -0.3 is 0 Å². The predicted octanol–water partition coefficient (Wildman–Crippen LogP) is 7.33. The van der Waals surface area contributed by atoms with Crippen LogP contribution in [0.2, 0.25) is 0 Å². The SMILES string of the molecule is [CH2]CCCCCCCCCCC(C)CCCCCC. The second-order valence-electron chi connectivity index (χ2n) is 6.43. The van der Waals surface area contributed by atoms with E-state index in [1.807, 2.05) is 0 Å². The van der Waals surface area contributed by atoms with Gasteiger partial charge in [-0.05, 0) is 5.92 Å². The van der Waals surface area contributed by atoms with Crippen LogP contribution in [0.1, 0.15) is 110 Å². The van der Waals surface area contributed by atoms with Crippen LogP contribution >= 0.6 is 0 Å². The van der Waals surface area contributed by atoms with E-state index in [0.717, 1.165) is 12.3 Å². The average Bonchev–Trinajstić information content (AvgIpc) is 2.42. The summed E-state index contributed by atoms with van der Waals surface area (Å²) in [6, 6.07) is 0. The molecule has 1 radical (unpaired) electrons. The molecular weight excluding hydrogens is 228 g/mol. The van der Waals surface area contributed by atoms with Gasteiger partial charge in [0.2, 0.25) is 0 Å². The Labute approximate surface area is 123 Å². The molecule has 0 bridgehead atoms. The van der Waals surface area contributed by atoms with Gasteiger partial charge in [0.25, 0.3) is 0 Å². The molecule has 0 saturated heterocycles. The van der Waals surface area contributed by atoms with Crippen LogP contribution in [0, 0.1) is 12.8 Å². The Morgan fingerprint density at radius 3 is 1.53 bits per heavy atom. The molecule has 0 nitrogen and oxygen atoms in total. The number of rotatable bonds is 15. The lowest BCUT2D eigenvalue weighted by atomic mass is 9.96. The molecule has 0 amide bonds. The highest BCUT2D eigenvalue weighted by Gasteiger charge is 2.01. The van der Waals surface area contributed by atoms with E-state index < -0.39 is 0 Å². The lowest BCUT2D eigenvalue weighted by Crippen LogP contribution is -1.95. The van der Waals surface area contributed by atoms with E-state index >= 15 is 0 Å². The molecular formula is C19H39. The molecule has 1 unspecified atom stereocenters. The van der Waals surface area contributed by atoms with Crippen molar-refractivity contribution < 1.29 is 0 Å². The fourth-order valence-electron chi connectivity index (χ4n) is 2.79. The van der Waals surface area contributed by atoms with Crippen molar-refractivity contribution in [2.75, 3.05) is 0 Å². The first-order valence-corrected chi connectivity index (χ1v) is 9.10. The van der Waals surface area contributed by atoms with Crippen LogP contribution in [0.15, 0.2) is 0 Å². The Morgan fingerprint density at radius 1 is 0.632 bits per heavy atom. The van der Waals surface area contributed by atoms with Crippen molar-refractivity contribution in [1.29, 1.82) is 0 Å². The first-order chi connectivity index (χ1) is 9.31. The van der Waals surface area contributed by atoms with Gasteiger partial charge in [-0.25, -0.2) is 0 Å². The van der Waals surface area contributed by atoms with E-state index in [2.05, 4.69) is 20.8 Å². The van der Waals surface area contributed by atoms with Crippen LogP contribution in [0.25, 0.3) is 0 Å². The fourth-order valence-corrected chi connectivity index (χ4v) is 2.79. The van der Waals surface area contributed by atoms with E-state index in [9.17, 15) is 0 Å². The molecule has 0 saturated carbocycles. The third-order valence-corrected chi connectivity index (χ3v) is 4.25. The second kappa shape index (κ2) is 16.1. The van der Waals surface area contributed by atoms with E-state index in [-0.39, 0.29) is 0 Å². The maximum atomic E-state index is 3.89. The molecule has 1 atom stereocenters. The van der Waals surface area contributed by atoms with Crippen molar-refractivity contribution in [3.05, 3.63) is 6.92 Å². The van der Waals surface area contributed by atoms with Gasteiger partial charge in [-0.2, -0.15) is 0 Å². The second-order valence-corrected chi connectivity index (χ2v) is 6.43. The maximum absolute atomic E-state index is 3.89. The zero-order valence-electron chi connectivity index (χ0n) is 13.9. The summed E-state index contributed by atoms with van der Waals surface area (Å²) >= 11 is 0. The highest BCUT2D eigenvalue weighted by atomic mass is 14.1. The third-order valence-electron chi connectivity index (χ3n) is 4.25. The van der Waals surface area contributed by atoms with Gasteiger partial charge >= 0.3 is 0 Å². The van der Waals surface area contributed by atoms with Gasteiger partial charge in [0.05, 0.1) is 0 Å². The van der Waals surface area contributed by atoms with Crippen LogP contribution < -0.4 is 0 Å². The number of hydrogen-bond donors (Lipinski definition) is 0. The number of hydrogen-bond acceptors (Lipinski definition) is 0. The standard InChI is InChI=1S/C19H39/c1-4-6-8-10-11-12-13-14-16-18-19(3)17-15-9-7-5-2/h19H,1,4-18H2,2-3H3. The Bertz CT molecular complexity index is 150. The van der Waals surface area contributed by atoms with Crippen molar-refractivity contribution in [3.8, 4) is 0 Å². The minimum absolute atomic E-state index is 0.967. The molecule has 0 fully saturated rings. The normalized spacial score (nSPS) is 12.8. The van der Waals surface area contributed by atoms with Gasteiger partial charge in [0, 0.05) is 0 Å². The summed E-state index contributed by atoms with van der Waals surface area (Å²) in [5, 5.41) is 0. The molecule has 0 heterocycles. The lowest BCUT2D eigenvalue weighted by Gasteiger charge is -2.10. The summed E-state index contributed by atoms with van der Waals surface area (Å²) in [6.45, 7) is 8.64. The van der Waals surface area contributed by atoms with Gasteiger partial charge in [-0.15, -0.1) is 0 Å². The smallest absolute Gasteiger partial charge is 0.0443 e. The highest BCUT2D eigenvalue weighted by Crippen LogP contribution is 2.18. The van der Waals surface area contributed by atoms with Crippen molar-refractivity contribution >= 4 is 0 Å². The van der Waals surface area contributed by atoms with Gasteiger partial charge in [-0.3, -0.25) is 0 Å². The molecule has 0 rings (SSSR count). The average molecular weight is 268 g/mol. The van der Waals surface area contributed by atoms with Crippen LogP contribution in [0.4, 0.5) is 0 Å². The molecule has 0 heteroatoms. The quantitative estimate of drug-likeness (QED) is 0.272. The van der Waals surface area contributed by atoms with Crippen LogP contribution in [-0.2, 0) is 0 Å². The van der Waals surface area contributed by atoms with Crippen molar-refractivity contribution in [2.24, 2.45) is 5.92 Å². The zero-order valence-corrected chi connectivity index (χ0v) is 13.9.